The predicted molar refractivity (Wildman–Crippen MR) is 22.1 cm³/mol. The molecule has 0 saturated carbocycles. The Morgan fingerprint density at radius 2 is 1.42 bits per heavy atom. The minimum Gasteiger partial charge on any atom is -0.379 e. The van der Waals surface area contributed by atoms with E-state index < -0.39 is 24.2 Å². The zero-order valence-corrected chi connectivity index (χ0v) is 5.14. The second-order valence-electron chi connectivity index (χ2n) is 1.81. The lowest BCUT2D eigenvalue weighted by Crippen LogP contribution is -2.42. The lowest BCUT2D eigenvalue weighted by atomic mass is 10.6. The molecular formula is C4F4O4. The minimum absolute atomic E-state index is 2.00. The van der Waals surface area contributed by atoms with Gasteiger partial charge in [-0.2, -0.15) is 13.2 Å². The molecule has 1 heterocycles. The molecule has 0 spiro atoms. The summed E-state index contributed by atoms with van der Waals surface area (Å²) in [6.45, 7) is 0. The maximum absolute atomic E-state index is 12.3. The van der Waals surface area contributed by atoms with Crippen molar-refractivity contribution in [3.05, 3.63) is 0 Å². The quantitative estimate of drug-likeness (QED) is 0.311. The number of alkyl halides is 4. The fourth-order valence-electron chi connectivity index (χ4n) is 0.458. The van der Waals surface area contributed by atoms with Crippen LogP contribution in [0.2, 0.25) is 0 Å². The van der Waals surface area contributed by atoms with E-state index in [2.05, 4.69) is 9.47 Å². The summed E-state index contributed by atoms with van der Waals surface area (Å²) in [4.78, 5) is 20.0. The van der Waals surface area contributed by atoms with Gasteiger partial charge in [-0.3, -0.25) is 0 Å². The highest BCUT2D eigenvalue weighted by Crippen LogP contribution is 2.39. The number of esters is 2. The third-order valence-corrected chi connectivity index (χ3v) is 0.953. The summed E-state index contributed by atoms with van der Waals surface area (Å²) < 4.78 is 53.0. The molecule has 0 aromatic rings. The summed E-state index contributed by atoms with van der Waals surface area (Å²) in [5.41, 5.74) is 0. The van der Waals surface area contributed by atoms with Gasteiger partial charge in [0.15, 0.2) is 0 Å². The molecule has 12 heavy (non-hydrogen) atoms. The third-order valence-electron chi connectivity index (χ3n) is 0.953. The van der Waals surface area contributed by atoms with Crippen LogP contribution in [0.25, 0.3) is 0 Å². The van der Waals surface area contributed by atoms with Gasteiger partial charge >= 0.3 is 24.2 Å². The highest BCUT2D eigenvalue weighted by molar-refractivity contribution is 6.31. The molecule has 0 aromatic carbocycles. The number of ether oxygens (including phenoxy) is 2. The Kier molecular flexibility index (Phi) is 1.52. The average molecular weight is 188 g/mol. The van der Waals surface area contributed by atoms with Gasteiger partial charge in [0, 0.05) is 0 Å². The Bertz CT molecular complexity index is 228. The van der Waals surface area contributed by atoms with Crippen LogP contribution in [0.4, 0.5) is 17.6 Å². The van der Waals surface area contributed by atoms with Crippen molar-refractivity contribution >= 4 is 11.9 Å². The lowest BCUT2D eigenvalue weighted by Gasteiger charge is -2.17. The Labute approximate surface area is 62.0 Å². The maximum atomic E-state index is 12.3. The van der Waals surface area contributed by atoms with Gasteiger partial charge in [-0.15, -0.1) is 4.39 Å². The number of carbonyl (C=O) groups excluding carboxylic acids is 2. The van der Waals surface area contributed by atoms with E-state index in [1.807, 2.05) is 0 Å². The molecule has 8 heteroatoms. The Hall–Kier alpha value is -1.34. The summed E-state index contributed by atoms with van der Waals surface area (Å²) in [6.07, 6.45) is -5.57. The zero-order valence-electron chi connectivity index (χ0n) is 5.14. The van der Waals surface area contributed by atoms with Gasteiger partial charge in [-0.25, -0.2) is 9.59 Å². The van der Waals surface area contributed by atoms with Gasteiger partial charge in [0.2, 0.25) is 0 Å². The molecule has 0 atom stereocenters. The molecular weight excluding hydrogens is 188 g/mol. The van der Waals surface area contributed by atoms with Crippen LogP contribution in [0.1, 0.15) is 0 Å². The van der Waals surface area contributed by atoms with Crippen LogP contribution < -0.4 is 0 Å². The molecule has 0 bridgehead atoms. The van der Waals surface area contributed by atoms with Crippen molar-refractivity contribution in [1.82, 2.24) is 0 Å². The molecule has 68 valence electrons. The predicted octanol–water partition coefficient (Wildman–Crippen LogP) is 0.272. The molecule has 0 aromatic heterocycles. The Balaban J connectivity index is 2.91. The molecule has 0 N–H and O–H groups in total. The first-order valence-electron chi connectivity index (χ1n) is 2.48. The molecule has 0 aliphatic carbocycles. The van der Waals surface area contributed by atoms with Crippen molar-refractivity contribution in [2.75, 3.05) is 0 Å². The van der Waals surface area contributed by atoms with Crippen molar-refractivity contribution in [2.24, 2.45) is 0 Å². The first-order valence-corrected chi connectivity index (χ1v) is 2.48. The zero-order chi connectivity index (χ0) is 9.57. The van der Waals surface area contributed by atoms with Gasteiger partial charge in [-0.05, 0) is 0 Å². The average Bonchev–Trinajstić information content (AvgIpc) is 2.06. The first-order chi connectivity index (χ1) is 5.26. The molecule has 1 fully saturated rings. The van der Waals surface area contributed by atoms with Crippen LogP contribution in [-0.2, 0) is 19.1 Å². The largest absolute Gasteiger partial charge is 0.514 e. The van der Waals surface area contributed by atoms with Crippen molar-refractivity contribution < 1.29 is 36.6 Å². The maximum Gasteiger partial charge on any atom is 0.514 e. The lowest BCUT2D eigenvalue weighted by molar-refractivity contribution is -0.390. The summed E-state index contributed by atoms with van der Waals surface area (Å²) in [5, 5.41) is 0. The van der Waals surface area contributed by atoms with E-state index in [-0.39, 0.29) is 0 Å². The summed E-state index contributed by atoms with van der Waals surface area (Å²) in [5.74, 6) is -4.01. The van der Waals surface area contributed by atoms with E-state index in [0.717, 1.165) is 0 Å². The number of halogens is 4. The van der Waals surface area contributed by atoms with Gasteiger partial charge in [0.05, 0.1) is 0 Å². The number of carbonyl (C=O) groups is 2. The van der Waals surface area contributed by atoms with E-state index in [9.17, 15) is 27.2 Å². The van der Waals surface area contributed by atoms with Gasteiger partial charge in [0.25, 0.3) is 0 Å². The Morgan fingerprint density at radius 3 is 1.58 bits per heavy atom. The monoisotopic (exact) mass is 188 g/mol. The molecule has 0 unspecified atom stereocenters. The van der Waals surface area contributed by atoms with E-state index in [4.69, 9.17) is 0 Å². The van der Waals surface area contributed by atoms with Crippen molar-refractivity contribution in [3.8, 4) is 0 Å². The first kappa shape index (κ1) is 8.75. The van der Waals surface area contributed by atoms with E-state index in [0.29, 0.717) is 0 Å². The molecule has 0 amide bonds. The highest BCUT2D eigenvalue weighted by Gasteiger charge is 2.69. The topological polar surface area (TPSA) is 52.6 Å². The summed E-state index contributed by atoms with van der Waals surface area (Å²) >= 11 is 0. The number of hydrogen-bond acceptors (Lipinski definition) is 4. The standard InChI is InChI=1S/C4F4O4/c5-3(6,7)4(8)11-1(9)2(10)12-4. The summed E-state index contributed by atoms with van der Waals surface area (Å²) in [6, 6.07) is -4.62. The van der Waals surface area contributed by atoms with Crippen LogP contribution in [-0.4, -0.2) is 24.2 Å². The smallest absolute Gasteiger partial charge is 0.379 e. The SMILES string of the molecule is O=C1OC(F)(C(F)(F)F)OC1=O. The molecule has 4 nitrogen and oxygen atoms in total. The van der Waals surface area contributed by atoms with Crippen molar-refractivity contribution in [2.45, 2.75) is 12.2 Å². The van der Waals surface area contributed by atoms with Crippen LogP contribution in [0.3, 0.4) is 0 Å². The second kappa shape index (κ2) is 2.08. The van der Waals surface area contributed by atoms with E-state index in [1.54, 1.807) is 0 Å². The normalized spacial score (nSPS) is 22.0. The van der Waals surface area contributed by atoms with Gasteiger partial charge in [-0.1, -0.05) is 0 Å². The molecule has 1 rings (SSSR count). The van der Waals surface area contributed by atoms with Crippen LogP contribution in [0.15, 0.2) is 0 Å². The fourth-order valence-corrected chi connectivity index (χ4v) is 0.458. The fraction of sp³-hybridized carbons (Fsp3) is 0.500. The third kappa shape index (κ3) is 1.08. The number of hydrogen-bond donors (Lipinski definition) is 0. The molecule has 1 aliphatic heterocycles. The second-order valence-corrected chi connectivity index (χ2v) is 1.81. The summed E-state index contributed by atoms with van der Waals surface area (Å²) in [7, 11) is 0. The number of rotatable bonds is 0. The van der Waals surface area contributed by atoms with E-state index >= 15 is 0 Å². The van der Waals surface area contributed by atoms with Crippen LogP contribution in [0.5, 0.6) is 0 Å². The van der Waals surface area contributed by atoms with Crippen LogP contribution >= 0.6 is 0 Å². The minimum atomic E-state index is -5.57. The molecule has 1 saturated heterocycles. The Morgan fingerprint density at radius 1 is 1.08 bits per heavy atom. The van der Waals surface area contributed by atoms with Crippen molar-refractivity contribution in [3.63, 3.8) is 0 Å². The van der Waals surface area contributed by atoms with E-state index in [1.165, 1.54) is 0 Å². The van der Waals surface area contributed by atoms with Gasteiger partial charge < -0.3 is 9.47 Å². The van der Waals surface area contributed by atoms with Crippen molar-refractivity contribution in [1.29, 1.82) is 0 Å². The number of cyclic esters (lactones) is 2. The molecule has 0 radical (unpaired) electrons. The molecule has 1 aliphatic rings. The van der Waals surface area contributed by atoms with Gasteiger partial charge in [0.1, 0.15) is 0 Å². The highest BCUT2D eigenvalue weighted by atomic mass is 19.4. The van der Waals surface area contributed by atoms with Crippen LogP contribution in [0, 0.1) is 0 Å².